The van der Waals surface area contributed by atoms with Gasteiger partial charge in [-0.1, -0.05) is 6.07 Å². The number of pyridine rings is 1. The molecule has 0 saturated carbocycles. The number of benzene rings is 1. The number of aromatic nitrogens is 3. The summed E-state index contributed by atoms with van der Waals surface area (Å²) in [7, 11) is 1.21. The van der Waals surface area contributed by atoms with Crippen molar-refractivity contribution < 1.29 is 35.8 Å². The van der Waals surface area contributed by atoms with Crippen molar-refractivity contribution >= 4 is 0 Å². The number of nitrogens with zero attached hydrogens (tertiary/aromatic N) is 4. The lowest BCUT2D eigenvalue weighted by molar-refractivity contribution is -0.141. The van der Waals surface area contributed by atoms with E-state index in [4.69, 9.17) is 14.7 Å². The predicted molar refractivity (Wildman–Crippen MR) is 88.8 cm³/mol. The van der Waals surface area contributed by atoms with E-state index in [0.717, 1.165) is 35.0 Å². The highest BCUT2D eigenvalue weighted by Gasteiger charge is 2.35. The Balaban J connectivity index is 1.90. The molecule has 0 saturated heterocycles. The highest BCUT2D eigenvalue weighted by Crippen LogP contribution is 2.34. The lowest BCUT2D eigenvalue weighted by atomic mass is 10.2. The number of rotatable bonds is 4. The van der Waals surface area contributed by atoms with Crippen LogP contribution in [-0.2, 0) is 19.4 Å². The molecule has 0 aliphatic heterocycles. The molecule has 12 heteroatoms. The van der Waals surface area contributed by atoms with E-state index >= 15 is 0 Å². The van der Waals surface area contributed by atoms with Crippen molar-refractivity contribution in [2.75, 3.05) is 0 Å². The summed E-state index contributed by atoms with van der Waals surface area (Å²) in [6.07, 6.45) is -9.29. The maximum absolute atomic E-state index is 12.8. The zero-order chi connectivity index (χ0) is 22.1. The van der Waals surface area contributed by atoms with Gasteiger partial charge in [-0.15, -0.1) is 0 Å². The second kappa shape index (κ2) is 7.58. The molecule has 2 aromatic heterocycles. The average molecular weight is 428 g/mol. The second-order valence-electron chi connectivity index (χ2n) is 5.86. The van der Waals surface area contributed by atoms with Crippen LogP contribution in [0.1, 0.15) is 16.8 Å². The molecule has 1 aromatic carbocycles. The first kappa shape index (κ1) is 21.0. The maximum Gasteiger partial charge on any atom is 0.435 e. The number of ether oxygens (including phenoxy) is 2. The van der Waals surface area contributed by atoms with Crippen LogP contribution >= 0.6 is 0 Å². The largest absolute Gasteiger partial charge is 0.439 e. The van der Waals surface area contributed by atoms with Crippen molar-refractivity contribution in [2.24, 2.45) is 7.05 Å². The van der Waals surface area contributed by atoms with Gasteiger partial charge in [0.15, 0.2) is 5.69 Å². The molecule has 156 valence electrons. The summed E-state index contributed by atoms with van der Waals surface area (Å²) in [4.78, 5) is 3.88. The molecule has 0 aliphatic rings. The monoisotopic (exact) mass is 428 g/mol. The Bertz CT molecular complexity index is 1120. The Morgan fingerprint density at radius 1 is 0.933 bits per heavy atom. The fourth-order valence-corrected chi connectivity index (χ4v) is 2.30. The van der Waals surface area contributed by atoms with Crippen molar-refractivity contribution in [3.05, 3.63) is 59.3 Å². The highest BCUT2D eigenvalue weighted by molar-refractivity contribution is 5.40. The van der Waals surface area contributed by atoms with Gasteiger partial charge in [-0.3, -0.25) is 0 Å². The van der Waals surface area contributed by atoms with Gasteiger partial charge in [0.2, 0.25) is 17.6 Å². The minimum atomic E-state index is -4.70. The topological polar surface area (TPSA) is 73.0 Å². The van der Waals surface area contributed by atoms with Crippen molar-refractivity contribution in [1.82, 2.24) is 14.8 Å². The molecule has 2 heterocycles. The van der Waals surface area contributed by atoms with E-state index in [9.17, 15) is 26.3 Å². The Hall–Kier alpha value is -3.75. The smallest absolute Gasteiger partial charge is 0.435 e. The fourth-order valence-electron chi connectivity index (χ4n) is 2.30. The number of nitriles is 1. The summed E-state index contributed by atoms with van der Waals surface area (Å²) >= 11 is 0. The third-order valence-electron chi connectivity index (χ3n) is 3.63. The molecule has 3 aromatic rings. The van der Waals surface area contributed by atoms with E-state index in [1.807, 2.05) is 0 Å². The first-order valence-corrected chi connectivity index (χ1v) is 8.02. The van der Waals surface area contributed by atoms with Crippen LogP contribution < -0.4 is 9.47 Å². The van der Waals surface area contributed by atoms with E-state index in [-0.39, 0.29) is 29.0 Å². The third kappa shape index (κ3) is 4.80. The molecular formula is C18H10F6N4O2. The summed E-state index contributed by atoms with van der Waals surface area (Å²) in [5.74, 6) is -1.14. The van der Waals surface area contributed by atoms with Gasteiger partial charge < -0.3 is 9.47 Å². The van der Waals surface area contributed by atoms with Crippen molar-refractivity contribution in [3.63, 3.8) is 0 Å². The normalized spacial score (nSPS) is 11.8. The minimum Gasteiger partial charge on any atom is -0.439 e. The maximum atomic E-state index is 12.8. The van der Waals surface area contributed by atoms with Crippen LogP contribution in [0.4, 0.5) is 26.3 Å². The molecule has 0 spiro atoms. The first-order valence-electron chi connectivity index (χ1n) is 8.02. The molecule has 6 nitrogen and oxygen atoms in total. The third-order valence-corrected chi connectivity index (χ3v) is 3.63. The number of hydrogen-bond acceptors (Lipinski definition) is 5. The number of alkyl halides is 6. The Kier molecular flexibility index (Phi) is 5.30. The average Bonchev–Trinajstić information content (AvgIpc) is 3.02. The van der Waals surface area contributed by atoms with Crippen LogP contribution in [0.3, 0.4) is 0 Å². The molecule has 3 rings (SSSR count). The van der Waals surface area contributed by atoms with Crippen LogP contribution in [0.25, 0.3) is 0 Å². The SMILES string of the molecule is Cn1nc(C(F)(F)F)cc1Oc1cc(C#N)cc(Oc2cccc(C(F)(F)F)c2)n1. The fraction of sp³-hybridized carbons (Fsp3) is 0.167. The summed E-state index contributed by atoms with van der Waals surface area (Å²) in [6.45, 7) is 0. The Morgan fingerprint density at radius 2 is 1.60 bits per heavy atom. The molecule has 30 heavy (non-hydrogen) atoms. The van der Waals surface area contributed by atoms with E-state index in [1.165, 1.54) is 13.1 Å². The summed E-state index contributed by atoms with van der Waals surface area (Å²) in [6, 6.07) is 8.62. The number of hydrogen-bond donors (Lipinski definition) is 0. The zero-order valence-electron chi connectivity index (χ0n) is 14.9. The Morgan fingerprint density at radius 3 is 2.17 bits per heavy atom. The molecular weight excluding hydrogens is 418 g/mol. The van der Waals surface area contributed by atoms with Gasteiger partial charge in [-0.25, -0.2) is 4.68 Å². The molecule has 0 unspecified atom stereocenters. The summed E-state index contributed by atoms with van der Waals surface area (Å²) in [5.41, 5.74) is -2.19. The van der Waals surface area contributed by atoms with E-state index in [1.54, 1.807) is 6.07 Å². The van der Waals surface area contributed by atoms with Crippen molar-refractivity contribution in [2.45, 2.75) is 12.4 Å². The quantitative estimate of drug-likeness (QED) is 0.527. The van der Waals surface area contributed by atoms with Gasteiger partial charge in [0, 0.05) is 25.2 Å². The molecule has 0 atom stereocenters. The van der Waals surface area contributed by atoms with Crippen LogP contribution in [-0.4, -0.2) is 14.8 Å². The predicted octanol–water partition coefficient (Wildman–Crippen LogP) is 5.31. The lowest BCUT2D eigenvalue weighted by Crippen LogP contribution is -2.06. The molecule has 0 radical (unpaired) electrons. The standard InChI is InChI=1S/C18H10F6N4O2/c1-28-16(8-13(27-28)18(22,23)24)30-15-6-10(9-25)5-14(26-15)29-12-4-2-3-11(7-12)17(19,20)21/h2-8H,1H3. The van der Waals surface area contributed by atoms with Gasteiger partial charge in [0.25, 0.3) is 0 Å². The van der Waals surface area contributed by atoms with Crippen molar-refractivity contribution in [1.29, 1.82) is 5.26 Å². The second-order valence-corrected chi connectivity index (χ2v) is 5.86. The molecule has 0 N–H and O–H groups in total. The molecule has 0 fully saturated rings. The van der Waals surface area contributed by atoms with Crippen LogP contribution in [0.2, 0.25) is 0 Å². The Labute approximate surface area is 164 Å². The number of aryl methyl sites for hydroxylation is 1. The van der Waals surface area contributed by atoms with Crippen LogP contribution in [0.5, 0.6) is 23.4 Å². The van der Waals surface area contributed by atoms with E-state index in [2.05, 4.69) is 10.1 Å². The van der Waals surface area contributed by atoms with E-state index < -0.39 is 23.6 Å². The van der Waals surface area contributed by atoms with Gasteiger partial charge in [-0.05, 0) is 18.2 Å². The molecule has 0 amide bonds. The lowest BCUT2D eigenvalue weighted by Gasteiger charge is -2.11. The number of halogens is 6. The minimum absolute atomic E-state index is 0.0415. The summed E-state index contributed by atoms with van der Waals surface area (Å²) < 4.78 is 88.2. The van der Waals surface area contributed by atoms with E-state index in [0.29, 0.717) is 6.07 Å². The van der Waals surface area contributed by atoms with Gasteiger partial charge >= 0.3 is 12.4 Å². The van der Waals surface area contributed by atoms with Crippen LogP contribution in [0, 0.1) is 11.3 Å². The van der Waals surface area contributed by atoms with Gasteiger partial charge in [-0.2, -0.15) is 41.7 Å². The van der Waals surface area contributed by atoms with Crippen LogP contribution in [0.15, 0.2) is 42.5 Å². The highest BCUT2D eigenvalue weighted by atomic mass is 19.4. The summed E-state index contributed by atoms with van der Waals surface area (Å²) in [5, 5.41) is 12.4. The zero-order valence-corrected chi connectivity index (χ0v) is 14.9. The first-order chi connectivity index (χ1) is 14.0. The van der Waals surface area contributed by atoms with Gasteiger partial charge in [0.05, 0.1) is 17.2 Å². The van der Waals surface area contributed by atoms with Crippen molar-refractivity contribution in [3.8, 4) is 29.5 Å². The van der Waals surface area contributed by atoms with Gasteiger partial charge in [0.1, 0.15) is 5.75 Å². The molecule has 0 bridgehead atoms. The molecule has 0 aliphatic carbocycles.